The Labute approximate surface area is 155 Å². The summed E-state index contributed by atoms with van der Waals surface area (Å²) in [5, 5.41) is 7.93. The minimum atomic E-state index is -0.597. The maximum absolute atomic E-state index is 12.5. The second kappa shape index (κ2) is 7.33. The number of aryl methyl sites for hydroxylation is 1. The molecular weight excluding hydrogens is 365 g/mol. The first-order valence-electron chi connectivity index (χ1n) is 7.96. The molecule has 2 aromatic rings. The largest absolute Gasteiger partial charge is 0.382 e. The first-order valence-corrected chi connectivity index (χ1v) is 8.71. The Balaban J connectivity index is 1.76. The van der Waals surface area contributed by atoms with E-state index in [9.17, 15) is 4.79 Å². The van der Waals surface area contributed by atoms with Crippen LogP contribution in [0.4, 0.5) is 5.69 Å². The van der Waals surface area contributed by atoms with E-state index in [1.54, 1.807) is 12.1 Å². The lowest BCUT2D eigenvalue weighted by molar-refractivity contribution is -0.144. The molecule has 0 atom stereocenters. The molecule has 1 saturated heterocycles. The summed E-state index contributed by atoms with van der Waals surface area (Å²) in [6.07, 6.45) is 2.15. The van der Waals surface area contributed by atoms with Gasteiger partial charge < -0.3 is 14.8 Å². The summed E-state index contributed by atoms with van der Waals surface area (Å²) in [7, 11) is 0. The van der Waals surface area contributed by atoms with Gasteiger partial charge in [0.15, 0.2) is 5.79 Å². The van der Waals surface area contributed by atoms with Gasteiger partial charge in [0.05, 0.1) is 30.8 Å². The predicted molar refractivity (Wildman–Crippen MR) is 98.0 cm³/mol. The second-order valence-electron chi connectivity index (χ2n) is 6.03. The molecule has 0 saturated carbocycles. The number of rotatable bonds is 5. The summed E-state index contributed by atoms with van der Waals surface area (Å²) in [6, 6.07) is 5.28. The highest BCUT2D eigenvalue weighted by molar-refractivity contribution is 6.33. The Bertz CT molecular complexity index is 832. The lowest BCUT2D eigenvalue weighted by atomic mass is 10.2. The summed E-state index contributed by atoms with van der Waals surface area (Å²) in [5.41, 5.74) is 1.55. The van der Waals surface area contributed by atoms with E-state index in [-0.39, 0.29) is 5.02 Å². The fourth-order valence-corrected chi connectivity index (χ4v) is 2.95. The Kier molecular flexibility index (Phi) is 5.34. The topological polar surface area (TPSA) is 65.4 Å². The molecule has 0 spiro atoms. The van der Waals surface area contributed by atoms with Crippen LogP contribution in [0.5, 0.6) is 0 Å². The number of halogens is 2. The van der Waals surface area contributed by atoms with Crippen LogP contribution in [0.25, 0.3) is 5.69 Å². The molecule has 0 bridgehead atoms. The van der Waals surface area contributed by atoms with Crippen molar-refractivity contribution in [3.63, 3.8) is 0 Å². The summed E-state index contributed by atoms with van der Waals surface area (Å²) in [4.78, 5) is 12.5. The van der Waals surface area contributed by atoms with Crippen LogP contribution in [0.15, 0.2) is 29.2 Å². The Morgan fingerprint density at radius 1 is 1.32 bits per heavy atom. The van der Waals surface area contributed by atoms with E-state index in [2.05, 4.69) is 10.4 Å². The molecule has 2 heterocycles. The summed E-state index contributed by atoms with van der Waals surface area (Å²) >= 11 is 12.3. The van der Waals surface area contributed by atoms with Crippen LogP contribution in [0.1, 0.15) is 18.9 Å². The van der Waals surface area contributed by atoms with Crippen molar-refractivity contribution in [2.45, 2.75) is 26.1 Å². The first kappa shape index (κ1) is 18.2. The highest BCUT2D eigenvalue weighted by Gasteiger charge is 2.30. The fraction of sp³-hybridized carbons (Fsp3) is 0.412. The van der Waals surface area contributed by atoms with Crippen molar-refractivity contribution in [1.82, 2.24) is 9.78 Å². The third-order valence-corrected chi connectivity index (χ3v) is 4.88. The van der Waals surface area contributed by atoms with Crippen molar-refractivity contribution in [3.8, 4) is 5.69 Å². The van der Waals surface area contributed by atoms with Gasteiger partial charge >= 0.3 is 0 Å². The molecular formula is C17H19Cl2N3O3. The molecule has 0 amide bonds. The van der Waals surface area contributed by atoms with Crippen molar-refractivity contribution in [1.29, 1.82) is 0 Å². The van der Waals surface area contributed by atoms with Crippen LogP contribution in [-0.2, 0) is 9.47 Å². The zero-order chi connectivity index (χ0) is 18.0. The third-order valence-electron chi connectivity index (χ3n) is 4.11. The second-order valence-corrected chi connectivity index (χ2v) is 6.82. The number of benzene rings is 1. The van der Waals surface area contributed by atoms with Gasteiger partial charge in [0.1, 0.15) is 5.02 Å². The molecule has 8 heteroatoms. The van der Waals surface area contributed by atoms with E-state index >= 15 is 0 Å². The third kappa shape index (κ3) is 3.98. The molecule has 0 radical (unpaired) electrons. The molecule has 1 N–H and O–H groups in total. The molecule has 0 unspecified atom stereocenters. The van der Waals surface area contributed by atoms with E-state index in [4.69, 9.17) is 32.7 Å². The van der Waals surface area contributed by atoms with Gasteiger partial charge in [-0.1, -0.05) is 29.3 Å². The molecule has 0 aliphatic carbocycles. The van der Waals surface area contributed by atoms with Crippen molar-refractivity contribution < 1.29 is 9.47 Å². The zero-order valence-corrected chi connectivity index (χ0v) is 15.5. The van der Waals surface area contributed by atoms with E-state index in [1.165, 1.54) is 10.9 Å². The molecule has 25 heavy (non-hydrogen) atoms. The number of hydrogen-bond donors (Lipinski definition) is 1. The number of nitrogens with zero attached hydrogens (tertiary/aromatic N) is 2. The van der Waals surface area contributed by atoms with E-state index in [0.717, 1.165) is 5.56 Å². The molecule has 1 fully saturated rings. The highest BCUT2D eigenvalue weighted by Crippen LogP contribution is 2.24. The van der Waals surface area contributed by atoms with Crippen LogP contribution in [0.2, 0.25) is 10.0 Å². The van der Waals surface area contributed by atoms with E-state index in [1.807, 2.05) is 19.9 Å². The maximum Gasteiger partial charge on any atom is 0.292 e. The van der Waals surface area contributed by atoms with Gasteiger partial charge in [-0.05, 0) is 31.5 Å². The molecule has 1 aliphatic heterocycles. The van der Waals surface area contributed by atoms with Crippen LogP contribution < -0.4 is 10.9 Å². The van der Waals surface area contributed by atoms with E-state index < -0.39 is 11.3 Å². The molecule has 134 valence electrons. The van der Waals surface area contributed by atoms with Crippen molar-refractivity contribution in [2.24, 2.45) is 0 Å². The lowest BCUT2D eigenvalue weighted by Crippen LogP contribution is -2.29. The average Bonchev–Trinajstić information content (AvgIpc) is 3.01. The molecule has 3 rings (SSSR count). The zero-order valence-electron chi connectivity index (χ0n) is 14.0. The van der Waals surface area contributed by atoms with Gasteiger partial charge in [-0.2, -0.15) is 9.78 Å². The summed E-state index contributed by atoms with van der Waals surface area (Å²) in [6.45, 7) is 5.50. The highest BCUT2D eigenvalue weighted by atomic mass is 35.5. The van der Waals surface area contributed by atoms with Crippen molar-refractivity contribution >= 4 is 28.9 Å². The predicted octanol–water partition coefficient (Wildman–Crippen LogP) is 3.41. The monoisotopic (exact) mass is 383 g/mol. The molecule has 6 nitrogen and oxygen atoms in total. The smallest absolute Gasteiger partial charge is 0.292 e. The number of aromatic nitrogens is 2. The lowest BCUT2D eigenvalue weighted by Gasteiger charge is -2.22. The number of hydrogen-bond acceptors (Lipinski definition) is 5. The minimum Gasteiger partial charge on any atom is -0.382 e. The summed E-state index contributed by atoms with van der Waals surface area (Å²) in [5.74, 6) is -0.597. The van der Waals surface area contributed by atoms with Crippen LogP contribution >= 0.6 is 23.2 Å². The Hall–Kier alpha value is -1.60. The standard InChI is InChI=1S/C17H19Cl2N3O3/c1-11-3-4-12(9-13(11)18)22-16(23)15(19)14(10-21-22)20-6-5-17(2)24-7-8-25-17/h3-4,9-10,20H,5-8H2,1-2H3. The quantitative estimate of drug-likeness (QED) is 0.856. The Morgan fingerprint density at radius 2 is 2.04 bits per heavy atom. The van der Waals surface area contributed by atoms with Crippen LogP contribution in [0, 0.1) is 6.92 Å². The van der Waals surface area contributed by atoms with Crippen molar-refractivity contribution in [2.75, 3.05) is 25.1 Å². The van der Waals surface area contributed by atoms with Gasteiger partial charge in [-0.3, -0.25) is 4.79 Å². The molecule has 1 aliphatic rings. The molecule has 1 aromatic heterocycles. The summed E-state index contributed by atoms with van der Waals surface area (Å²) < 4.78 is 12.3. The van der Waals surface area contributed by atoms with Crippen molar-refractivity contribution in [3.05, 3.63) is 50.4 Å². The van der Waals surface area contributed by atoms with Crippen LogP contribution in [-0.4, -0.2) is 35.3 Å². The molecule has 1 aromatic carbocycles. The average molecular weight is 384 g/mol. The SMILES string of the molecule is Cc1ccc(-n2ncc(NCCC3(C)OCCO3)c(Cl)c2=O)cc1Cl. The fourth-order valence-electron chi connectivity index (χ4n) is 2.58. The van der Waals surface area contributed by atoms with Crippen LogP contribution in [0.3, 0.4) is 0 Å². The maximum atomic E-state index is 12.5. The van der Waals surface area contributed by atoms with E-state index in [0.29, 0.717) is 42.6 Å². The van der Waals surface area contributed by atoms with Gasteiger partial charge in [-0.15, -0.1) is 0 Å². The van der Waals surface area contributed by atoms with Gasteiger partial charge in [-0.25, -0.2) is 0 Å². The minimum absolute atomic E-state index is 0.0742. The first-order chi connectivity index (χ1) is 11.9. The van der Waals surface area contributed by atoms with Gasteiger partial charge in [0.25, 0.3) is 5.56 Å². The number of anilines is 1. The number of nitrogens with one attached hydrogen (secondary N) is 1. The van der Waals surface area contributed by atoms with Gasteiger partial charge in [0.2, 0.25) is 0 Å². The Morgan fingerprint density at radius 3 is 2.72 bits per heavy atom. The number of ether oxygens (including phenoxy) is 2. The van der Waals surface area contributed by atoms with Gasteiger partial charge in [0, 0.05) is 18.0 Å². The normalized spacial score (nSPS) is 16.2.